The molecular weight excluding hydrogens is 203 g/mol. The molecule has 0 heterocycles. The van der Waals surface area contributed by atoms with Crippen LogP contribution in [0.5, 0.6) is 5.75 Å². The molecule has 0 bridgehead atoms. The highest BCUT2D eigenvalue weighted by atomic mass is 19.1. The first-order chi connectivity index (χ1) is 7.72. The number of aryl methyl sites for hydroxylation is 1. The van der Waals surface area contributed by atoms with Crippen LogP contribution >= 0.6 is 0 Å². The standard InChI is InChI=1S/C14H19FO/c1-3-5-12-6-4-7-13(15)14(12)16-10(2)11-8-9-11/h4,6-7,10-11H,3,5,8-9H2,1-2H3. The second-order valence-corrected chi connectivity index (χ2v) is 4.64. The minimum atomic E-state index is -0.224. The molecule has 1 atom stereocenters. The van der Waals surface area contributed by atoms with Gasteiger partial charge in [0.05, 0.1) is 6.10 Å². The van der Waals surface area contributed by atoms with Crippen LogP contribution in [-0.4, -0.2) is 6.10 Å². The van der Waals surface area contributed by atoms with Crippen molar-refractivity contribution in [3.8, 4) is 5.75 Å². The van der Waals surface area contributed by atoms with Crippen molar-refractivity contribution in [3.05, 3.63) is 29.6 Å². The Hall–Kier alpha value is -1.05. The number of benzene rings is 1. The summed E-state index contributed by atoms with van der Waals surface area (Å²) in [6.45, 7) is 4.14. The number of rotatable bonds is 5. The maximum absolute atomic E-state index is 13.7. The summed E-state index contributed by atoms with van der Waals surface area (Å²) in [5.74, 6) is 0.885. The summed E-state index contributed by atoms with van der Waals surface area (Å²) < 4.78 is 19.5. The molecule has 1 fully saturated rings. The quantitative estimate of drug-likeness (QED) is 0.732. The monoisotopic (exact) mass is 222 g/mol. The number of hydrogen-bond acceptors (Lipinski definition) is 1. The maximum Gasteiger partial charge on any atom is 0.165 e. The summed E-state index contributed by atoms with van der Waals surface area (Å²) in [5, 5.41) is 0. The molecule has 1 unspecified atom stereocenters. The lowest BCUT2D eigenvalue weighted by Gasteiger charge is -2.17. The minimum Gasteiger partial charge on any atom is -0.487 e. The van der Waals surface area contributed by atoms with Crippen LogP contribution in [0.25, 0.3) is 0 Å². The van der Waals surface area contributed by atoms with Crippen molar-refractivity contribution in [3.63, 3.8) is 0 Å². The highest BCUT2D eigenvalue weighted by Gasteiger charge is 2.30. The van der Waals surface area contributed by atoms with Crippen LogP contribution in [0.1, 0.15) is 38.7 Å². The van der Waals surface area contributed by atoms with Gasteiger partial charge in [0, 0.05) is 0 Å². The van der Waals surface area contributed by atoms with Crippen molar-refractivity contribution < 1.29 is 9.13 Å². The molecule has 0 radical (unpaired) electrons. The summed E-state index contributed by atoms with van der Waals surface area (Å²) in [6.07, 6.45) is 4.48. The Labute approximate surface area is 96.6 Å². The summed E-state index contributed by atoms with van der Waals surface area (Å²) in [7, 11) is 0. The largest absolute Gasteiger partial charge is 0.487 e. The molecule has 1 aromatic carbocycles. The third kappa shape index (κ3) is 2.55. The maximum atomic E-state index is 13.7. The van der Waals surface area contributed by atoms with E-state index in [1.54, 1.807) is 6.07 Å². The average molecular weight is 222 g/mol. The van der Waals surface area contributed by atoms with Crippen LogP contribution in [-0.2, 0) is 6.42 Å². The molecule has 2 rings (SSSR count). The van der Waals surface area contributed by atoms with Gasteiger partial charge in [-0.05, 0) is 43.7 Å². The minimum absolute atomic E-state index is 0.146. The summed E-state index contributed by atoms with van der Waals surface area (Å²) in [5.41, 5.74) is 0.995. The molecule has 1 aromatic rings. The van der Waals surface area contributed by atoms with Crippen molar-refractivity contribution >= 4 is 0 Å². The van der Waals surface area contributed by atoms with E-state index in [0.29, 0.717) is 11.7 Å². The van der Waals surface area contributed by atoms with E-state index in [2.05, 4.69) is 6.92 Å². The van der Waals surface area contributed by atoms with Gasteiger partial charge in [-0.3, -0.25) is 0 Å². The molecule has 16 heavy (non-hydrogen) atoms. The summed E-state index contributed by atoms with van der Waals surface area (Å²) in [6, 6.07) is 5.20. The smallest absolute Gasteiger partial charge is 0.165 e. The van der Waals surface area contributed by atoms with Crippen LogP contribution in [0.2, 0.25) is 0 Å². The Morgan fingerprint density at radius 3 is 2.81 bits per heavy atom. The van der Waals surface area contributed by atoms with Gasteiger partial charge in [-0.2, -0.15) is 0 Å². The van der Waals surface area contributed by atoms with Crippen molar-refractivity contribution in [2.75, 3.05) is 0 Å². The Morgan fingerprint density at radius 2 is 2.19 bits per heavy atom. The van der Waals surface area contributed by atoms with E-state index in [1.165, 1.54) is 18.9 Å². The SMILES string of the molecule is CCCc1cccc(F)c1OC(C)C1CC1. The van der Waals surface area contributed by atoms with Gasteiger partial charge in [-0.15, -0.1) is 0 Å². The first-order valence-electron chi connectivity index (χ1n) is 6.16. The van der Waals surface area contributed by atoms with E-state index in [0.717, 1.165) is 18.4 Å². The lowest BCUT2D eigenvalue weighted by atomic mass is 10.1. The van der Waals surface area contributed by atoms with E-state index in [1.807, 2.05) is 13.0 Å². The average Bonchev–Trinajstić information content (AvgIpc) is 3.07. The zero-order chi connectivity index (χ0) is 11.5. The normalized spacial score (nSPS) is 17.2. The van der Waals surface area contributed by atoms with Gasteiger partial charge in [0.1, 0.15) is 0 Å². The molecule has 0 amide bonds. The Balaban J connectivity index is 2.15. The third-order valence-electron chi connectivity index (χ3n) is 3.16. The van der Waals surface area contributed by atoms with Crippen LogP contribution < -0.4 is 4.74 Å². The summed E-state index contributed by atoms with van der Waals surface area (Å²) >= 11 is 0. The van der Waals surface area contributed by atoms with Gasteiger partial charge in [0.2, 0.25) is 0 Å². The molecule has 0 aromatic heterocycles. The lowest BCUT2D eigenvalue weighted by molar-refractivity contribution is 0.187. The Kier molecular flexibility index (Phi) is 3.47. The molecule has 88 valence electrons. The Bertz CT molecular complexity index is 358. The van der Waals surface area contributed by atoms with Crippen LogP contribution in [0.15, 0.2) is 18.2 Å². The van der Waals surface area contributed by atoms with E-state index < -0.39 is 0 Å². The van der Waals surface area contributed by atoms with Crippen molar-refractivity contribution in [1.82, 2.24) is 0 Å². The van der Waals surface area contributed by atoms with E-state index in [-0.39, 0.29) is 11.9 Å². The molecule has 1 saturated carbocycles. The molecular formula is C14H19FO. The molecule has 0 N–H and O–H groups in total. The van der Waals surface area contributed by atoms with Gasteiger partial charge in [0.15, 0.2) is 11.6 Å². The van der Waals surface area contributed by atoms with Gasteiger partial charge < -0.3 is 4.74 Å². The number of halogens is 1. The molecule has 0 saturated heterocycles. The molecule has 0 spiro atoms. The van der Waals surface area contributed by atoms with Gasteiger partial charge in [-0.1, -0.05) is 25.5 Å². The van der Waals surface area contributed by atoms with Gasteiger partial charge in [-0.25, -0.2) is 4.39 Å². The van der Waals surface area contributed by atoms with Crippen molar-refractivity contribution in [2.24, 2.45) is 5.92 Å². The number of hydrogen-bond donors (Lipinski definition) is 0. The predicted octanol–water partition coefficient (Wildman–Crippen LogP) is 3.96. The fourth-order valence-electron chi connectivity index (χ4n) is 2.00. The van der Waals surface area contributed by atoms with Crippen LogP contribution in [0.3, 0.4) is 0 Å². The van der Waals surface area contributed by atoms with Crippen LogP contribution in [0.4, 0.5) is 4.39 Å². The molecule has 1 aliphatic carbocycles. The van der Waals surface area contributed by atoms with Crippen molar-refractivity contribution in [2.45, 2.75) is 45.6 Å². The highest BCUT2D eigenvalue weighted by molar-refractivity contribution is 5.35. The zero-order valence-electron chi connectivity index (χ0n) is 10.0. The third-order valence-corrected chi connectivity index (χ3v) is 3.16. The number of para-hydroxylation sites is 1. The van der Waals surface area contributed by atoms with Gasteiger partial charge >= 0.3 is 0 Å². The van der Waals surface area contributed by atoms with Crippen molar-refractivity contribution in [1.29, 1.82) is 0 Å². The summed E-state index contributed by atoms with van der Waals surface area (Å²) in [4.78, 5) is 0. The van der Waals surface area contributed by atoms with Gasteiger partial charge in [0.25, 0.3) is 0 Å². The molecule has 1 aliphatic rings. The molecule has 1 nitrogen and oxygen atoms in total. The van der Waals surface area contributed by atoms with E-state index in [4.69, 9.17) is 4.74 Å². The number of ether oxygens (including phenoxy) is 1. The first kappa shape index (κ1) is 11.4. The lowest BCUT2D eigenvalue weighted by Crippen LogP contribution is -2.16. The molecule has 0 aliphatic heterocycles. The van der Waals surface area contributed by atoms with Crippen LogP contribution in [0, 0.1) is 11.7 Å². The fourth-order valence-corrected chi connectivity index (χ4v) is 2.00. The fraction of sp³-hybridized carbons (Fsp3) is 0.571. The second-order valence-electron chi connectivity index (χ2n) is 4.64. The van der Waals surface area contributed by atoms with E-state index >= 15 is 0 Å². The highest BCUT2D eigenvalue weighted by Crippen LogP contribution is 2.36. The first-order valence-corrected chi connectivity index (χ1v) is 6.16. The topological polar surface area (TPSA) is 9.23 Å². The second kappa shape index (κ2) is 4.86. The van der Waals surface area contributed by atoms with E-state index in [9.17, 15) is 4.39 Å². The Morgan fingerprint density at radius 1 is 1.44 bits per heavy atom. The zero-order valence-corrected chi connectivity index (χ0v) is 10.0. The molecule has 2 heteroatoms. The predicted molar refractivity (Wildman–Crippen MR) is 63.2 cm³/mol.